The van der Waals surface area contributed by atoms with Crippen LogP contribution in [-0.4, -0.2) is 56.5 Å². The van der Waals surface area contributed by atoms with E-state index in [-0.39, 0.29) is 12.6 Å². The zero-order valence-electron chi connectivity index (χ0n) is 12.5. The summed E-state index contributed by atoms with van der Waals surface area (Å²) in [6.45, 7) is 1.34. The Hall–Kier alpha value is -1.79. The minimum atomic E-state index is -0.809. The van der Waals surface area contributed by atoms with E-state index in [9.17, 15) is 9.90 Å². The molecule has 1 saturated heterocycles. The molecule has 0 aliphatic carbocycles. The number of nitrogens with zero attached hydrogens (tertiary/aromatic N) is 1. The third-order valence-corrected chi connectivity index (χ3v) is 3.81. The van der Waals surface area contributed by atoms with E-state index in [1.54, 1.807) is 14.2 Å². The lowest BCUT2D eigenvalue weighted by Crippen LogP contribution is -2.40. The average Bonchev–Trinajstić information content (AvgIpc) is 2.96. The molecule has 1 aliphatic heterocycles. The molecule has 0 radical (unpaired) electrons. The van der Waals surface area contributed by atoms with Crippen LogP contribution in [0.4, 0.5) is 0 Å². The first-order valence-electron chi connectivity index (χ1n) is 6.78. The number of hydrogen-bond donors (Lipinski definition) is 1. The molecule has 2 atom stereocenters. The van der Waals surface area contributed by atoms with Crippen LogP contribution in [0.15, 0.2) is 18.2 Å². The van der Waals surface area contributed by atoms with Crippen molar-refractivity contribution < 1.29 is 24.1 Å². The molecule has 6 heteroatoms. The van der Waals surface area contributed by atoms with Gasteiger partial charge in [0, 0.05) is 12.6 Å². The molecule has 1 heterocycles. The summed E-state index contributed by atoms with van der Waals surface area (Å²) in [7, 11) is 5.10. The molecule has 1 fully saturated rings. The summed E-state index contributed by atoms with van der Waals surface area (Å²) in [6.07, 6.45) is 0. The first-order chi connectivity index (χ1) is 10.1. The number of ether oxygens (including phenoxy) is 3. The highest BCUT2D eigenvalue weighted by atomic mass is 16.5. The number of likely N-dealkylation sites (N-methyl/N-ethyl adjacent to an activating group) is 1. The van der Waals surface area contributed by atoms with E-state index >= 15 is 0 Å². The molecule has 0 bridgehead atoms. The Morgan fingerprint density at radius 2 is 2.05 bits per heavy atom. The molecular weight excluding hydrogens is 274 g/mol. The van der Waals surface area contributed by atoms with Crippen molar-refractivity contribution in [1.82, 2.24) is 4.90 Å². The number of carboxylic acid groups (broad SMARTS) is 1. The van der Waals surface area contributed by atoms with Gasteiger partial charge in [-0.3, -0.25) is 9.69 Å². The Balaban J connectivity index is 2.08. The number of rotatable bonds is 6. The highest BCUT2D eigenvalue weighted by molar-refractivity contribution is 5.71. The zero-order valence-corrected chi connectivity index (χ0v) is 12.5. The molecule has 21 heavy (non-hydrogen) atoms. The van der Waals surface area contributed by atoms with E-state index in [4.69, 9.17) is 14.2 Å². The van der Waals surface area contributed by atoms with Gasteiger partial charge in [0.1, 0.15) is 0 Å². The lowest BCUT2D eigenvalue weighted by atomic mass is 10.0. The van der Waals surface area contributed by atoms with Gasteiger partial charge in [-0.2, -0.15) is 0 Å². The molecule has 6 nitrogen and oxygen atoms in total. The molecule has 0 saturated carbocycles. The van der Waals surface area contributed by atoms with Crippen molar-refractivity contribution >= 4 is 5.97 Å². The molecule has 0 aromatic heterocycles. The molecule has 1 aliphatic rings. The fourth-order valence-electron chi connectivity index (χ4n) is 2.60. The van der Waals surface area contributed by atoms with Crippen LogP contribution in [0.3, 0.4) is 0 Å². The SMILES string of the molecule is COc1ccc(CN(C)C2COCC2C(=O)O)cc1OC. The monoisotopic (exact) mass is 295 g/mol. The van der Waals surface area contributed by atoms with Crippen molar-refractivity contribution in [3.63, 3.8) is 0 Å². The van der Waals surface area contributed by atoms with Gasteiger partial charge in [-0.25, -0.2) is 0 Å². The molecule has 116 valence electrons. The van der Waals surface area contributed by atoms with Crippen molar-refractivity contribution in [3.05, 3.63) is 23.8 Å². The van der Waals surface area contributed by atoms with Crippen molar-refractivity contribution in [3.8, 4) is 11.5 Å². The molecule has 1 aromatic carbocycles. The first-order valence-corrected chi connectivity index (χ1v) is 6.78. The summed E-state index contributed by atoms with van der Waals surface area (Å²) in [5, 5.41) is 9.21. The van der Waals surface area contributed by atoms with Crippen LogP contribution in [0.25, 0.3) is 0 Å². The second kappa shape index (κ2) is 6.78. The van der Waals surface area contributed by atoms with Crippen molar-refractivity contribution in [2.75, 3.05) is 34.5 Å². The normalized spacial score (nSPS) is 21.5. The highest BCUT2D eigenvalue weighted by Gasteiger charge is 2.36. The quantitative estimate of drug-likeness (QED) is 0.851. The molecule has 0 amide bonds. The van der Waals surface area contributed by atoms with Crippen molar-refractivity contribution in [1.29, 1.82) is 0 Å². The second-order valence-corrected chi connectivity index (χ2v) is 5.15. The lowest BCUT2D eigenvalue weighted by molar-refractivity contribution is -0.143. The molecule has 1 N–H and O–H groups in total. The minimum Gasteiger partial charge on any atom is -0.493 e. The number of methoxy groups -OCH3 is 2. The molecule has 2 unspecified atom stereocenters. The molecule has 0 spiro atoms. The van der Waals surface area contributed by atoms with Crippen LogP contribution in [-0.2, 0) is 16.1 Å². The van der Waals surface area contributed by atoms with E-state index in [0.29, 0.717) is 24.7 Å². The van der Waals surface area contributed by atoms with Gasteiger partial charge in [-0.15, -0.1) is 0 Å². The van der Waals surface area contributed by atoms with Crippen LogP contribution >= 0.6 is 0 Å². The summed E-state index contributed by atoms with van der Waals surface area (Å²) in [6, 6.07) is 5.59. The van der Waals surface area contributed by atoms with Crippen molar-refractivity contribution in [2.24, 2.45) is 5.92 Å². The number of hydrogen-bond acceptors (Lipinski definition) is 5. The van der Waals surface area contributed by atoms with E-state index in [0.717, 1.165) is 5.56 Å². The Bertz CT molecular complexity index is 505. The Labute approximate surface area is 124 Å². The van der Waals surface area contributed by atoms with Crippen LogP contribution in [0, 0.1) is 5.92 Å². The van der Waals surface area contributed by atoms with Gasteiger partial charge in [0.15, 0.2) is 11.5 Å². The predicted molar refractivity (Wildman–Crippen MR) is 76.7 cm³/mol. The number of benzene rings is 1. The van der Waals surface area contributed by atoms with Gasteiger partial charge in [0.2, 0.25) is 0 Å². The van der Waals surface area contributed by atoms with Crippen molar-refractivity contribution in [2.45, 2.75) is 12.6 Å². The predicted octanol–water partition coefficient (Wildman–Crippen LogP) is 1.24. The largest absolute Gasteiger partial charge is 0.493 e. The van der Waals surface area contributed by atoms with E-state index in [1.165, 1.54) is 0 Å². The maximum Gasteiger partial charge on any atom is 0.310 e. The van der Waals surface area contributed by atoms with E-state index in [2.05, 4.69) is 0 Å². The van der Waals surface area contributed by atoms with Crippen LogP contribution in [0.2, 0.25) is 0 Å². The minimum absolute atomic E-state index is 0.115. The van der Waals surface area contributed by atoms with Gasteiger partial charge in [-0.05, 0) is 24.7 Å². The number of carbonyl (C=O) groups is 1. The Kier molecular flexibility index (Phi) is 5.03. The average molecular weight is 295 g/mol. The van der Waals surface area contributed by atoms with Gasteiger partial charge >= 0.3 is 5.97 Å². The topological polar surface area (TPSA) is 68.2 Å². The summed E-state index contributed by atoms with van der Waals surface area (Å²) in [5.74, 6) is 0.0594. The van der Waals surface area contributed by atoms with Gasteiger partial charge in [0.05, 0.1) is 33.4 Å². The summed E-state index contributed by atoms with van der Waals surface area (Å²) in [5.41, 5.74) is 1.03. The third kappa shape index (κ3) is 3.46. The van der Waals surface area contributed by atoms with E-state index < -0.39 is 11.9 Å². The molecule has 1 aromatic rings. The third-order valence-electron chi connectivity index (χ3n) is 3.81. The van der Waals surface area contributed by atoms with Gasteiger partial charge in [0.25, 0.3) is 0 Å². The van der Waals surface area contributed by atoms with E-state index in [1.807, 2.05) is 30.1 Å². The summed E-state index contributed by atoms with van der Waals surface area (Å²) >= 11 is 0. The maximum absolute atomic E-state index is 11.2. The van der Waals surface area contributed by atoms with Crippen LogP contribution in [0.1, 0.15) is 5.56 Å². The first kappa shape index (κ1) is 15.6. The van der Waals surface area contributed by atoms with Gasteiger partial charge in [-0.1, -0.05) is 6.07 Å². The summed E-state index contributed by atoms with van der Waals surface area (Å²) < 4.78 is 15.8. The Morgan fingerprint density at radius 1 is 1.33 bits per heavy atom. The standard InChI is InChI=1S/C15H21NO5/c1-16(12-9-21-8-11(12)15(17)18)7-10-4-5-13(19-2)14(6-10)20-3/h4-6,11-12H,7-9H2,1-3H3,(H,17,18). The van der Waals surface area contributed by atoms with Crippen LogP contribution in [0.5, 0.6) is 11.5 Å². The van der Waals surface area contributed by atoms with Crippen LogP contribution < -0.4 is 9.47 Å². The number of carboxylic acids is 1. The summed E-state index contributed by atoms with van der Waals surface area (Å²) in [4.78, 5) is 13.2. The lowest BCUT2D eigenvalue weighted by Gasteiger charge is -2.26. The molecular formula is C15H21NO5. The Morgan fingerprint density at radius 3 is 2.67 bits per heavy atom. The maximum atomic E-state index is 11.2. The fourth-order valence-corrected chi connectivity index (χ4v) is 2.60. The van der Waals surface area contributed by atoms with Gasteiger partial charge < -0.3 is 19.3 Å². The smallest absolute Gasteiger partial charge is 0.310 e. The fraction of sp³-hybridized carbons (Fsp3) is 0.533. The second-order valence-electron chi connectivity index (χ2n) is 5.15. The number of aliphatic carboxylic acids is 1. The highest BCUT2D eigenvalue weighted by Crippen LogP contribution is 2.29. The molecule has 2 rings (SSSR count). The zero-order chi connectivity index (χ0) is 15.4.